The Hall–Kier alpha value is -3.02. The first-order valence-corrected chi connectivity index (χ1v) is 7.29. The Morgan fingerprint density at radius 1 is 1.21 bits per heavy atom. The number of halogens is 2. The summed E-state index contributed by atoms with van der Waals surface area (Å²) in [5.41, 5.74) is 1.21. The van der Waals surface area contributed by atoms with Crippen molar-refractivity contribution in [1.82, 2.24) is 4.40 Å². The second kappa shape index (κ2) is 6.23. The molecule has 0 aliphatic heterocycles. The molecule has 0 saturated heterocycles. The van der Waals surface area contributed by atoms with Gasteiger partial charge in [0.05, 0.1) is 23.4 Å². The largest absolute Gasteiger partial charge is 0.462 e. The third kappa shape index (κ3) is 2.46. The zero-order valence-electron chi connectivity index (χ0n) is 12.8. The molecule has 0 spiro atoms. The lowest BCUT2D eigenvalue weighted by Gasteiger charge is -2.06. The van der Waals surface area contributed by atoms with Gasteiger partial charge in [0.15, 0.2) is 17.9 Å². The van der Waals surface area contributed by atoms with Gasteiger partial charge in [0, 0.05) is 11.8 Å². The van der Waals surface area contributed by atoms with Crippen LogP contribution in [-0.4, -0.2) is 23.3 Å². The third-order valence-electron chi connectivity index (χ3n) is 3.68. The topological polar surface area (TPSA) is 47.8 Å². The monoisotopic (exact) mass is 329 g/mol. The summed E-state index contributed by atoms with van der Waals surface area (Å²) in [5.74, 6) is -2.70. The van der Waals surface area contributed by atoms with Crippen LogP contribution in [0.3, 0.4) is 0 Å². The Labute approximate surface area is 136 Å². The fourth-order valence-corrected chi connectivity index (χ4v) is 2.70. The summed E-state index contributed by atoms with van der Waals surface area (Å²) in [4.78, 5) is 24.0. The van der Waals surface area contributed by atoms with E-state index in [2.05, 4.69) is 0 Å². The highest BCUT2D eigenvalue weighted by molar-refractivity contribution is 6.09. The molecule has 3 rings (SSSR count). The summed E-state index contributed by atoms with van der Waals surface area (Å²) in [7, 11) is 0. The van der Waals surface area contributed by atoms with Crippen molar-refractivity contribution in [2.45, 2.75) is 6.92 Å². The average molecular weight is 329 g/mol. The molecule has 0 aliphatic carbocycles. The first-order chi connectivity index (χ1) is 11.6. The van der Waals surface area contributed by atoms with Crippen molar-refractivity contribution in [3.05, 3.63) is 65.5 Å². The number of rotatable bonds is 4. The average Bonchev–Trinajstić information content (AvgIpc) is 2.92. The molecule has 24 heavy (non-hydrogen) atoms. The predicted molar refractivity (Wildman–Crippen MR) is 84.1 cm³/mol. The van der Waals surface area contributed by atoms with Gasteiger partial charge in [-0.2, -0.15) is 0 Å². The van der Waals surface area contributed by atoms with E-state index in [0.29, 0.717) is 11.8 Å². The van der Waals surface area contributed by atoms with Gasteiger partial charge >= 0.3 is 5.97 Å². The number of carbonyl (C=O) groups is 2. The number of ether oxygens (including phenoxy) is 1. The molecule has 2 heterocycles. The van der Waals surface area contributed by atoms with Crippen LogP contribution in [0.1, 0.15) is 27.8 Å². The number of fused-ring (bicyclic) bond motifs is 1. The SMILES string of the molecule is CCOC(=O)c1c(-c2ccc(F)c(F)c2)c(C=O)n2ccccc12. The molecule has 0 fully saturated rings. The van der Waals surface area contributed by atoms with Gasteiger partial charge in [-0.05, 0) is 36.8 Å². The second-order valence-electron chi connectivity index (χ2n) is 5.06. The molecule has 6 heteroatoms. The van der Waals surface area contributed by atoms with E-state index >= 15 is 0 Å². The number of hydrogen-bond acceptors (Lipinski definition) is 3. The smallest absolute Gasteiger partial charge is 0.340 e. The summed E-state index contributed by atoms with van der Waals surface area (Å²) in [6, 6.07) is 8.30. The number of hydrogen-bond donors (Lipinski definition) is 0. The Balaban J connectivity index is 2.39. The molecule has 1 aromatic carbocycles. The Morgan fingerprint density at radius 3 is 2.67 bits per heavy atom. The summed E-state index contributed by atoms with van der Waals surface area (Å²) >= 11 is 0. The van der Waals surface area contributed by atoms with Crippen LogP contribution in [0, 0.1) is 11.6 Å². The van der Waals surface area contributed by atoms with Crippen LogP contribution in [0.25, 0.3) is 16.6 Å². The zero-order valence-corrected chi connectivity index (χ0v) is 12.8. The minimum Gasteiger partial charge on any atom is -0.462 e. The van der Waals surface area contributed by atoms with E-state index < -0.39 is 17.6 Å². The van der Waals surface area contributed by atoms with Crippen LogP contribution < -0.4 is 0 Å². The molecule has 0 aliphatic rings. The summed E-state index contributed by atoms with van der Waals surface area (Å²) in [5, 5.41) is 0. The molecule has 3 aromatic rings. The first kappa shape index (κ1) is 15.9. The van der Waals surface area contributed by atoms with Crippen molar-refractivity contribution in [3.8, 4) is 11.1 Å². The predicted octanol–water partition coefficient (Wildman–Crippen LogP) is 3.87. The van der Waals surface area contributed by atoms with Gasteiger partial charge in [0.25, 0.3) is 0 Å². The zero-order chi connectivity index (χ0) is 17.3. The first-order valence-electron chi connectivity index (χ1n) is 7.29. The lowest BCUT2D eigenvalue weighted by molar-refractivity contribution is 0.0529. The minimum atomic E-state index is -1.06. The maximum Gasteiger partial charge on any atom is 0.340 e. The molecule has 122 valence electrons. The maximum absolute atomic E-state index is 13.7. The number of carbonyl (C=O) groups excluding carboxylic acids is 2. The number of esters is 1. The quantitative estimate of drug-likeness (QED) is 0.539. The number of benzene rings is 1. The molecule has 2 aromatic heterocycles. The molecule has 0 bridgehead atoms. The van der Waals surface area contributed by atoms with Crippen LogP contribution >= 0.6 is 0 Å². The molecule has 0 radical (unpaired) electrons. The van der Waals surface area contributed by atoms with Gasteiger partial charge < -0.3 is 9.14 Å². The highest BCUT2D eigenvalue weighted by Crippen LogP contribution is 2.33. The van der Waals surface area contributed by atoms with E-state index in [1.165, 1.54) is 10.5 Å². The van der Waals surface area contributed by atoms with Gasteiger partial charge in [0.2, 0.25) is 0 Å². The van der Waals surface area contributed by atoms with E-state index in [0.717, 1.165) is 12.1 Å². The standard InChI is InChI=1S/C18H13F2NO3/c1-2-24-18(23)17-14-5-3-4-8-21(14)15(10-22)16(17)11-6-7-12(19)13(20)9-11/h3-10H,2H2,1H3. The Bertz CT molecular complexity index is 947. The molecular formula is C18H13F2NO3. The van der Waals surface area contributed by atoms with Gasteiger partial charge in [-0.3, -0.25) is 4.79 Å². The number of pyridine rings is 1. The van der Waals surface area contributed by atoms with E-state index in [4.69, 9.17) is 4.74 Å². The third-order valence-corrected chi connectivity index (χ3v) is 3.68. The van der Waals surface area contributed by atoms with Crippen molar-refractivity contribution < 1.29 is 23.1 Å². The van der Waals surface area contributed by atoms with E-state index in [1.54, 1.807) is 31.3 Å². The molecule has 0 amide bonds. The lowest BCUT2D eigenvalue weighted by atomic mass is 10.0. The number of aldehydes is 1. The maximum atomic E-state index is 13.7. The van der Waals surface area contributed by atoms with E-state index in [-0.39, 0.29) is 29.0 Å². The molecule has 0 saturated carbocycles. The summed E-state index contributed by atoms with van der Waals surface area (Å²) in [6.45, 7) is 1.81. The molecule has 4 nitrogen and oxygen atoms in total. The van der Waals surface area contributed by atoms with E-state index in [1.807, 2.05) is 0 Å². The number of aromatic nitrogens is 1. The van der Waals surface area contributed by atoms with Gasteiger partial charge in [0.1, 0.15) is 0 Å². The lowest BCUT2D eigenvalue weighted by Crippen LogP contribution is -2.06. The summed E-state index contributed by atoms with van der Waals surface area (Å²) < 4.78 is 33.5. The highest BCUT2D eigenvalue weighted by Gasteiger charge is 2.25. The number of nitrogens with zero attached hydrogens (tertiary/aromatic N) is 1. The van der Waals surface area contributed by atoms with Crippen LogP contribution in [-0.2, 0) is 4.74 Å². The highest BCUT2D eigenvalue weighted by atomic mass is 19.2. The molecule has 0 unspecified atom stereocenters. The van der Waals surface area contributed by atoms with E-state index in [9.17, 15) is 18.4 Å². The second-order valence-corrected chi connectivity index (χ2v) is 5.06. The van der Waals surface area contributed by atoms with Crippen LogP contribution in [0.2, 0.25) is 0 Å². The van der Waals surface area contributed by atoms with Crippen LogP contribution in [0.15, 0.2) is 42.6 Å². The minimum absolute atomic E-state index is 0.144. The normalized spacial score (nSPS) is 10.8. The Kier molecular flexibility index (Phi) is 4.12. The molecule has 0 atom stereocenters. The van der Waals surface area contributed by atoms with Crippen LogP contribution in [0.5, 0.6) is 0 Å². The van der Waals surface area contributed by atoms with Crippen molar-refractivity contribution in [2.75, 3.05) is 6.61 Å². The fraction of sp³-hybridized carbons (Fsp3) is 0.111. The van der Waals surface area contributed by atoms with Crippen molar-refractivity contribution in [3.63, 3.8) is 0 Å². The van der Waals surface area contributed by atoms with Gasteiger partial charge in [-0.15, -0.1) is 0 Å². The van der Waals surface area contributed by atoms with Crippen LogP contribution in [0.4, 0.5) is 8.78 Å². The summed E-state index contributed by atoms with van der Waals surface area (Å²) in [6.07, 6.45) is 2.19. The molecular weight excluding hydrogens is 316 g/mol. The van der Waals surface area contributed by atoms with Gasteiger partial charge in [-0.1, -0.05) is 12.1 Å². The fourth-order valence-electron chi connectivity index (χ4n) is 2.70. The van der Waals surface area contributed by atoms with Gasteiger partial charge in [-0.25, -0.2) is 13.6 Å². The van der Waals surface area contributed by atoms with Crippen molar-refractivity contribution >= 4 is 17.8 Å². The van der Waals surface area contributed by atoms with Crippen molar-refractivity contribution in [1.29, 1.82) is 0 Å². The van der Waals surface area contributed by atoms with Crippen molar-refractivity contribution in [2.24, 2.45) is 0 Å². The molecule has 0 N–H and O–H groups in total. The Morgan fingerprint density at radius 2 is 2.00 bits per heavy atom.